The molecule has 6 atom stereocenters. The number of carbonyl (C=O) groups is 1. The summed E-state index contributed by atoms with van der Waals surface area (Å²) >= 11 is 0. The highest BCUT2D eigenvalue weighted by atomic mass is 16.7. The molecule has 5 aliphatic rings. The number of aliphatic hydroxyl groups is 2. The van der Waals surface area contributed by atoms with Crippen molar-refractivity contribution < 1.29 is 48.3 Å². The molecule has 1 saturated carbocycles. The quantitative estimate of drug-likeness (QED) is 0.0390. The zero-order valence-corrected chi connectivity index (χ0v) is 36.8. The number of ether oxygens (including phenoxy) is 6. The van der Waals surface area contributed by atoms with Gasteiger partial charge in [-0.05, 0) is 91.0 Å². The van der Waals surface area contributed by atoms with E-state index >= 15 is 0 Å². The number of hydrogen-bond donors (Lipinski definition) is 2. The third-order valence-corrected chi connectivity index (χ3v) is 13.1. The Morgan fingerprint density at radius 3 is 2.48 bits per heavy atom. The van der Waals surface area contributed by atoms with E-state index in [0.717, 1.165) is 73.3 Å². The first-order valence-corrected chi connectivity index (χ1v) is 23.0. The summed E-state index contributed by atoms with van der Waals surface area (Å²) in [5.74, 6) is 0.645. The summed E-state index contributed by atoms with van der Waals surface area (Å²) in [7, 11) is 0. The Balaban J connectivity index is 1.30. The maximum Gasteiger partial charge on any atom is 0.410 e. The van der Waals surface area contributed by atoms with Crippen molar-refractivity contribution in [3.63, 3.8) is 0 Å². The number of aliphatic hydroxyl groups excluding tert-OH is 2. The standard InChI is InChI=1S/C51H63N3O10/c1-3-5-27-59-50(57)54(33-37-17-19-45-46(29-37)61-35-60-45)47-32-43(52-63-34-36-13-7-6-8-14-36)41-30-38(15-9-11-24-55)40(16-10-12-25-56)48-42-31-39(58-28-23-53-21-22-53)18-20-44(42)64-51(47,49(41)48)62-26-4-2/h3-4,6-8,13-14,17-20,29-31,38,40,47-49,55-56H,1-2,5,9-12,15-16,21-28,32-35H2/t38-,40+,47-,48+,49+,51+/m0/s1. The topological polar surface area (TPSA) is 141 Å². The van der Waals surface area contributed by atoms with Gasteiger partial charge in [-0.2, -0.15) is 0 Å². The van der Waals surface area contributed by atoms with Gasteiger partial charge in [0, 0.05) is 57.3 Å². The van der Waals surface area contributed by atoms with Crippen LogP contribution in [0.1, 0.15) is 74.0 Å². The van der Waals surface area contributed by atoms with Gasteiger partial charge in [-0.1, -0.05) is 72.6 Å². The molecule has 0 bridgehead atoms. The van der Waals surface area contributed by atoms with Crippen LogP contribution in [0.2, 0.25) is 0 Å². The van der Waals surface area contributed by atoms with E-state index in [9.17, 15) is 15.0 Å². The Kier molecular flexibility index (Phi) is 15.2. The monoisotopic (exact) mass is 877 g/mol. The van der Waals surface area contributed by atoms with Crippen LogP contribution in [0.5, 0.6) is 23.0 Å². The highest BCUT2D eigenvalue weighted by Gasteiger charge is 2.65. The molecule has 342 valence electrons. The normalized spacial score (nSPS) is 24.4. The van der Waals surface area contributed by atoms with Crippen molar-refractivity contribution >= 4 is 11.8 Å². The summed E-state index contributed by atoms with van der Waals surface area (Å²) in [4.78, 5) is 25.1. The molecule has 13 nitrogen and oxygen atoms in total. The largest absolute Gasteiger partial charge is 0.492 e. The van der Waals surface area contributed by atoms with Crippen LogP contribution in [0.3, 0.4) is 0 Å². The van der Waals surface area contributed by atoms with Gasteiger partial charge in [-0.25, -0.2) is 4.79 Å². The van der Waals surface area contributed by atoms with Gasteiger partial charge in [0.2, 0.25) is 12.6 Å². The molecule has 2 aliphatic carbocycles. The number of benzene rings is 3. The number of amides is 1. The van der Waals surface area contributed by atoms with Gasteiger partial charge in [-0.15, -0.1) is 13.2 Å². The predicted octanol–water partition coefficient (Wildman–Crippen LogP) is 8.16. The van der Waals surface area contributed by atoms with Gasteiger partial charge >= 0.3 is 6.09 Å². The van der Waals surface area contributed by atoms with Gasteiger partial charge in [0.1, 0.15) is 30.8 Å². The summed E-state index contributed by atoms with van der Waals surface area (Å²) in [5.41, 5.74) is 4.42. The van der Waals surface area contributed by atoms with Crippen molar-refractivity contribution in [1.29, 1.82) is 0 Å². The van der Waals surface area contributed by atoms with Crippen LogP contribution in [0.25, 0.3) is 0 Å². The van der Waals surface area contributed by atoms with Gasteiger partial charge < -0.3 is 43.5 Å². The van der Waals surface area contributed by atoms with Crippen LogP contribution < -0.4 is 18.9 Å². The molecule has 0 unspecified atom stereocenters. The highest BCUT2D eigenvalue weighted by Crippen LogP contribution is 2.62. The van der Waals surface area contributed by atoms with E-state index in [1.807, 2.05) is 60.7 Å². The average Bonchev–Trinajstić information content (AvgIpc) is 4.02. The second-order valence-electron chi connectivity index (χ2n) is 17.2. The molecule has 3 aliphatic heterocycles. The molecule has 2 N–H and O–H groups in total. The van der Waals surface area contributed by atoms with Gasteiger partial charge in [0.15, 0.2) is 11.5 Å². The fraction of sp³-hybridized carbons (Fsp3) is 0.490. The van der Waals surface area contributed by atoms with Gasteiger partial charge in [-0.3, -0.25) is 9.80 Å². The Morgan fingerprint density at radius 1 is 0.906 bits per heavy atom. The fourth-order valence-electron chi connectivity index (χ4n) is 9.93. The molecular weight excluding hydrogens is 815 g/mol. The minimum atomic E-state index is -1.46. The van der Waals surface area contributed by atoms with Crippen molar-refractivity contribution in [3.05, 3.63) is 120 Å². The van der Waals surface area contributed by atoms with Crippen molar-refractivity contribution in [3.8, 4) is 23.0 Å². The second kappa shape index (κ2) is 21.6. The first-order valence-electron chi connectivity index (χ1n) is 23.0. The first kappa shape index (κ1) is 45.2. The second-order valence-corrected chi connectivity index (χ2v) is 17.2. The number of oxime groups is 1. The van der Waals surface area contributed by atoms with E-state index in [1.165, 1.54) is 0 Å². The third-order valence-electron chi connectivity index (χ3n) is 13.1. The smallest absolute Gasteiger partial charge is 0.410 e. The van der Waals surface area contributed by atoms with E-state index in [2.05, 4.69) is 30.2 Å². The highest BCUT2D eigenvalue weighted by molar-refractivity contribution is 6.03. The van der Waals surface area contributed by atoms with Crippen molar-refractivity contribution in [2.45, 2.75) is 82.3 Å². The van der Waals surface area contributed by atoms with Crippen molar-refractivity contribution in [1.82, 2.24) is 9.80 Å². The predicted molar refractivity (Wildman–Crippen MR) is 242 cm³/mol. The summed E-state index contributed by atoms with van der Waals surface area (Å²) in [5, 5.41) is 25.0. The number of allylic oxidation sites excluding steroid dienone is 1. The molecule has 3 aromatic rings. The molecule has 0 radical (unpaired) electrons. The molecule has 0 aromatic heterocycles. The minimum absolute atomic E-state index is 0.0632. The SMILES string of the molecule is C=CCCOC(=O)N(Cc1ccc2c(c1)OCO2)[C@H]1CC(=NOCc2ccccc2)C2=C[C@H](CCCCO)[C@@H](CCCCO)[C@@H]3c4cc(OCCN5CC5)ccc4O[C@@]1(OCC=C)[C@H]23. The molecule has 3 heterocycles. The van der Waals surface area contributed by atoms with Crippen LogP contribution in [0.15, 0.2) is 109 Å². The van der Waals surface area contributed by atoms with E-state index in [4.69, 9.17) is 38.4 Å². The minimum Gasteiger partial charge on any atom is -0.492 e. The molecule has 1 amide bonds. The molecule has 13 heteroatoms. The van der Waals surface area contributed by atoms with Crippen molar-refractivity contribution in [2.24, 2.45) is 22.9 Å². The summed E-state index contributed by atoms with van der Waals surface area (Å²) < 4.78 is 38.5. The van der Waals surface area contributed by atoms with E-state index in [1.54, 1.807) is 17.1 Å². The Morgan fingerprint density at radius 2 is 1.70 bits per heavy atom. The summed E-state index contributed by atoms with van der Waals surface area (Å²) in [6.45, 7) is 12.5. The van der Waals surface area contributed by atoms with E-state index < -0.39 is 23.8 Å². The van der Waals surface area contributed by atoms with E-state index in [-0.39, 0.29) is 70.5 Å². The number of fused-ring (bicyclic) bond motifs is 3. The fourth-order valence-corrected chi connectivity index (χ4v) is 9.93. The number of nitrogens with zero attached hydrogens (tertiary/aromatic N) is 3. The first-order chi connectivity index (χ1) is 31.5. The molecule has 64 heavy (non-hydrogen) atoms. The number of unbranched alkanes of at least 4 members (excludes halogenated alkanes) is 2. The van der Waals surface area contributed by atoms with Crippen molar-refractivity contribution in [2.75, 3.05) is 59.5 Å². The molecule has 1 saturated heterocycles. The third kappa shape index (κ3) is 10.3. The molecule has 8 rings (SSSR count). The van der Waals surface area contributed by atoms with Crippen LogP contribution in [0.4, 0.5) is 4.79 Å². The Labute approximate surface area is 376 Å². The van der Waals surface area contributed by atoms with Gasteiger partial charge in [0.25, 0.3) is 0 Å². The lowest BCUT2D eigenvalue weighted by atomic mass is 9.55. The number of hydrogen-bond acceptors (Lipinski definition) is 12. The Bertz CT molecular complexity index is 2120. The lowest BCUT2D eigenvalue weighted by Crippen LogP contribution is -2.70. The lowest BCUT2D eigenvalue weighted by molar-refractivity contribution is -0.256. The average molecular weight is 878 g/mol. The number of carbonyl (C=O) groups excluding carboxylic acids is 1. The molecule has 0 spiro atoms. The lowest BCUT2D eigenvalue weighted by Gasteiger charge is -2.59. The zero-order chi connectivity index (χ0) is 44.3. The molecule has 2 fully saturated rings. The maximum absolute atomic E-state index is 14.8. The summed E-state index contributed by atoms with van der Waals surface area (Å²) in [6.07, 6.45) is 10.6. The van der Waals surface area contributed by atoms with Crippen LogP contribution in [0, 0.1) is 17.8 Å². The van der Waals surface area contributed by atoms with E-state index in [0.29, 0.717) is 48.8 Å². The van der Waals surface area contributed by atoms with Crippen LogP contribution in [-0.2, 0) is 27.5 Å². The number of rotatable bonds is 24. The van der Waals surface area contributed by atoms with Crippen LogP contribution in [-0.4, -0.2) is 103 Å². The summed E-state index contributed by atoms with van der Waals surface area (Å²) in [6, 6.07) is 20.9. The van der Waals surface area contributed by atoms with Gasteiger partial charge in [0.05, 0.1) is 24.8 Å². The van der Waals surface area contributed by atoms with Crippen LogP contribution >= 0.6 is 0 Å². The molecule has 3 aromatic carbocycles. The molecular formula is C51H63N3O10. The maximum atomic E-state index is 14.8. The zero-order valence-electron chi connectivity index (χ0n) is 36.8. The Hall–Kier alpha value is -5.34.